The second kappa shape index (κ2) is 10.1. The quantitative estimate of drug-likeness (QED) is 0.421. The van der Waals surface area contributed by atoms with Crippen LogP contribution in [0.2, 0.25) is 0 Å². The number of para-hydroxylation sites is 1. The van der Waals surface area contributed by atoms with Crippen molar-refractivity contribution in [2.24, 2.45) is 4.99 Å². The zero-order valence-corrected chi connectivity index (χ0v) is 16.1. The van der Waals surface area contributed by atoms with Gasteiger partial charge < -0.3 is 15.0 Å². The van der Waals surface area contributed by atoms with Crippen molar-refractivity contribution in [3.8, 4) is 5.75 Å². The Labute approximate surface area is 154 Å². The lowest BCUT2D eigenvalue weighted by atomic mass is 10.2. The maximum atomic E-state index is 5.40. The van der Waals surface area contributed by atoms with Gasteiger partial charge >= 0.3 is 0 Å². The SMILES string of the molecule is CCNC(=NCc1ccn[nH]1)N(C)Cc1ccccc1OC.I. The Balaban J connectivity index is 0.00000264. The second-order valence-corrected chi connectivity index (χ2v) is 4.92. The summed E-state index contributed by atoms with van der Waals surface area (Å²) in [7, 11) is 3.71. The number of hydrogen-bond donors (Lipinski definition) is 2. The maximum absolute atomic E-state index is 5.40. The Morgan fingerprint density at radius 3 is 2.78 bits per heavy atom. The fourth-order valence-corrected chi connectivity index (χ4v) is 2.17. The van der Waals surface area contributed by atoms with Crippen LogP contribution in [0.3, 0.4) is 0 Å². The van der Waals surface area contributed by atoms with Crippen molar-refractivity contribution in [2.75, 3.05) is 20.7 Å². The molecule has 1 aromatic carbocycles. The predicted molar refractivity (Wildman–Crippen MR) is 103 cm³/mol. The van der Waals surface area contributed by atoms with Crippen molar-refractivity contribution >= 4 is 29.9 Å². The molecule has 0 fully saturated rings. The van der Waals surface area contributed by atoms with E-state index < -0.39 is 0 Å². The van der Waals surface area contributed by atoms with Crippen LogP contribution in [0.4, 0.5) is 0 Å². The van der Waals surface area contributed by atoms with Gasteiger partial charge in [-0.05, 0) is 19.1 Å². The van der Waals surface area contributed by atoms with Gasteiger partial charge in [-0.3, -0.25) is 5.10 Å². The number of aliphatic imine (C=N–C) groups is 1. The first-order valence-electron chi connectivity index (χ1n) is 7.34. The lowest BCUT2D eigenvalue weighted by molar-refractivity contribution is 0.396. The van der Waals surface area contributed by atoms with E-state index in [-0.39, 0.29) is 24.0 Å². The molecule has 126 valence electrons. The van der Waals surface area contributed by atoms with E-state index in [0.29, 0.717) is 6.54 Å². The molecule has 2 rings (SSSR count). The van der Waals surface area contributed by atoms with Crippen LogP contribution >= 0.6 is 24.0 Å². The Kier molecular flexibility index (Phi) is 8.46. The Morgan fingerprint density at radius 1 is 1.35 bits per heavy atom. The summed E-state index contributed by atoms with van der Waals surface area (Å²) in [5, 5.41) is 10.2. The van der Waals surface area contributed by atoms with E-state index in [0.717, 1.165) is 36.1 Å². The number of methoxy groups -OCH3 is 1. The van der Waals surface area contributed by atoms with E-state index in [9.17, 15) is 0 Å². The number of nitrogens with one attached hydrogen (secondary N) is 2. The highest BCUT2D eigenvalue weighted by Crippen LogP contribution is 2.18. The third kappa shape index (κ3) is 5.74. The minimum atomic E-state index is 0. The van der Waals surface area contributed by atoms with Crippen LogP contribution in [0.1, 0.15) is 18.2 Å². The molecule has 7 heteroatoms. The largest absolute Gasteiger partial charge is 0.496 e. The predicted octanol–water partition coefficient (Wildman–Crippen LogP) is 2.63. The summed E-state index contributed by atoms with van der Waals surface area (Å²) in [6, 6.07) is 9.94. The van der Waals surface area contributed by atoms with E-state index in [1.54, 1.807) is 13.3 Å². The number of benzene rings is 1. The van der Waals surface area contributed by atoms with Gasteiger partial charge in [0.15, 0.2) is 5.96 Å². The molecule has 0 amide bonds. The summed E-state index contributed by atoms with van der Waals surface area (Å²) < 4.78 is 5.40. The summed E-state index contributed by atoms with van der Waals surface area (Å²) in [6.45, 7) is 4.16. The molecule has 0 aliphatic carbocycles. The number of nitrogens with zero attached hydrogens (tertiary/aromatic N) is 3. The zero-order valence-electron chi connectivity index (χ0n) is 13.7. The van der Waals surface area contributed by atoms with Crippen LogP contribution in [0.15, 0.2) is 41.5 Å². The molecular formula is C16H24IN5O. The lowest BCUT2D eigenvalue weighted by Gasteiger charge is -2.23. The third-order valence-corrected chi connectivity index (χ3v) is 3.25. The van der Waals surface area contributed by atoms with Crippen LogP contribution in [0, 0.1) is 0 Å². The van der Waals surface area contributed by atoms with Crippen LogP contribution in [-0.2, 0) is 13.1 Å². The normalized spacial score (nSPS) is 10.8. The number of halogens is 1. The molecule has 2 aromatic rings. The average Bonchev–Trinajstić information content (AvgIpc) is 3.05. The van der Waals surface area contributed by atoms with Gasteiger partial charge in [-0.1, -0.05) is 18.2 Å². The molecule has 0 saturated heterocycles. The fraction of sp³-hybridized carbons (Fsp3) is 0.375. The van der Waals surface area contributed by atoms with Gasteiger partial charge in [0.2, 0.25) is 0 Å². The number of guanidine groups is 1. The number of ether oxygens (including phenoxy) is 1. The highest BCUT2D eigenvalue weighted by Gasteiger charge is 2.09. The number of H-pyrrole nitrogens is 1. The number of hydrogen-bond acceptors (Lipinski definition) is 3. The van der Waals surface area contributed by atoms with Gasteiger partial charge in [-0.25, -0.2) is 4.99 Å². The first kappa shape index (κ1) is 19.3. The molecule has 0 aliphatic rings. The first-order chi connectivity index (χ1) is 10.7. The highest BCUT2D eigenvalue weighted by atomic mass is 127. The minimum absolute atomic E-state index is 0. The van der Waals surface area contributed by atoms with Gasteiger partial charge in [-0.15, -0.1) is 24.0 Å². The molecule has 6 nitrogen and oxygen atoms in total. The molecule has 1 aromatic heterocycles. The van der Waals surface area contributed by atoms with Crippen molar-refractivity contribution in [2.45, 2.75) is 20.0 Å². The number of rotatable bonds is 6. The highest BCUT2D eigenvalue weighted by molar-refractivity contribution is 14.0. The van der Waals surface area contributed by atoms with Crippen molar-refractivity contribution in [1.82, 2.24) is 20.4 Å². The van der Waals surface area contributed by atoms with Crippen molar-refractivity contribution in [3.05, 3.63) is 47.8 Å². The summed E-state index contributed by atoms with van der Waals surface area (Å²) in [5.74, 6) is 1.74. The summed E-state index contributed by atoms with van der Waals surface area (Å²) >= 11 is 0. The average molecular weight is 429 g/mol. The van der Waals surface area contributed by atoms with Crippen molar-refractivity contribution in [3.63, 3.8) is 0 Å². The van der Waals surface area contributed by atoms with Gasteiger partial charge in [0.1, 0.15) is 5.75 Å². The van der Waals surface area contributed by atoms with Crippen LogP contribution in [0.25, 0.3) is 0 Å². The molecule has 0 radical (unpaired) electrons. The van der Waals surface area contributed by atoms with Crippen LogP contribution in [0.5, 0.6) is 5.75 Å². The maximum Gasteiger partial charge on any atom is 0.194 e. The molecule has 0 spiro atoms. The molecule has 0 unspecified atom stereocenters. The molecule has 0 saturated carbocycles. The summed E-state index contributed by atoms with van der Waals surface area (Å²) in [4.78, 5) is 6.71. The van der Waals surface area contributed by atoms with Gasteiger partial charge in [0, 0.05) is 31.9 Å². The zero-order chi connectivity index (χ0) is 15.8. The molecule has 2 N–H and O–H groups in total. The molecule has 1 heterocycles. The van der Waals surface area contributed by atoms with Crippen molar-refractivity contribution in [1.29, 1.82) is 0 Å². The van der Waals surface area contributed by atoms with E-state index in [1.165, 1.54) is 0 Å². The monoisotopic (exact) mass is 429 g/mol. The van der Waals surface area contributed by atoms with Gasteiger partial charge in [0.05, 0.1) is 19.3 Å². The summed E-state index contributed by atoms with van der Waals surface area (Å²) in [6.07, 6.45) is 1.73. The van der Waals surface area contributed by atoms with Crippen LogP contribution < -0.4 is 10.1 Å². The Morgan fingerprint density at radius 2 is 2.13 bits per heavy atom. The van der Waals surface area contributed by atoms with Crippen LogP contribution in [-0.4, -0.2) is 41.8 Å². The second-order valence-electron chi connectivity index (χ2n) is 4.92. The number of aromatic nitrogens is 2. The van der Waals surface area contributed by atoms with E-state index in [4.69, 9.17) is 4.74 Å². The smallest absolute Gasteiger partial charge is 0.194 e. The molecule has 0 atom stereocenters. The molecule has 23 heavy (non-hydrogen) atoms. The Hall–Kier alpha value is -1.77. The molecular weight excluding hydrogens is 405 g/mol. The third-order valence-electron chi connectivity index (χ3n) is 3.25. The molecule has 0 bridgehead atoms. The minimum Gasteiger partial charge on any atom is -0.496 e. The van der Waals surface area contributed by atoms with Crippen molar-refractivity contribution < 1.29 is 4.74 Å². The van der Waals surface area contributed by atoms with E-state index in [2.05, 4.69) is 38.4 Å². The fourth-order valence-electron chi connectivity index (χ4n) is 2.17. The summed E-state index contributed by atoms with van der Waals surface area (Å²) in [5.41, 5.74) is 2.11. The number of aromatic amines is 1. The Bertz CT molecular complexity index is 600. The van der Waals surface area contributed by atoms with E-state index in [1.807, 2.05) is 31.3 Å². The first-order valence-corrected chi connectivity index (χ1v) is 7.34. The van der Waals surface area contributed by atoms with E-state index >= 15 is 0 Å². The standard InChI is InChI=1S/C16H23N5O.HI/c1-4-17-16(18-11-14-9-10-19-20-14)21(2)12-13-7-5-6-8-15(13)22-3;/h5-10H,4,11-12H2,1-3H3,(H,17,18)(H,19,20);1H. The lowest BCUT2D eigenvalue weighted by Crippen LogP contribution is -2.38. The van der Waals surface area contributed by atoms with Gasteiger partial charge in [-0.2, -0.15) is 5.10 Å². The van der Waals surface area contributed by atoms with Gasteiger partial charge in [0.25, 0.3) is 0 Å². The topological polar surface area (TPSA) is 65.5 Å². The molecule has 0 aliphatic heterocycles.